The number of benzene rings is 5. The molecule has 238 valence electrons. The van der Waals surface area contributed by atoms with Crippen molar-refractivity contribution in [3.8, 4) is 55.9 Å². The summed E-state index contributed by atoms with van der Waals surface area (Å²) in [5, 5.41) is 0. The molecule has 0 unspecified atom stereocenters. The third-order valence-electron chi connectivity index (χ3n) is 11.8. The highest BCUT2D eigenvalue weighted by atomic mass is 16.3. The standard InChI is InChI=1S/C46H38N2O/c1-3-7-36(8-4-1)42-24-38(25-43(48-42)37-9-5-2-6-10-37)41-20-19-40(44-45(41)49-29-47-44)35-13-11-33(12-14-35)34-15-17-39(18-16-34)46-26-30-21-31(27-46)23-32(22-30)28-46/h1-20,24-25,29-32H,21-23,26-28H2. The molecule has 0 saturated heterocycles. The fraction of sp³-hybridized carbons (Fsp3) is 0.217. The van der Waals surface area contributed by atoms with E-state index in [0.717, 1.165) is 73.6 Å². The highest BCUT2D eigenvalue weighted by Crippen LogP contribution is 2.60. The van der Waals surface area contributed by atoms with Crippen LogP contribution in [0.2, 0.25) is 0 Å². The average Bonchev–Trinajstić information content (AvgIpc) is 3.65. The fourth-order valence-electron chi connectivity index (χ4n) is 9.93. The van der Waals surface area contributed by atoms with E-state index in [0.29, 0.717) is 5.41 Å². The topological polar surface area (TPSA) is 38.9 Å². The zero-order valence-corrected chi connectivity index (χ0v) is 27.6. The molecule has 0 amide bonds. The molecular weight excluding hydrogens is 597 g/mol. The monoisotopic (exact) mass is 634 g/mol. The molecule has 11 rings (SSSR count). The SMILES string of the molecule is c1ccc(-c2cc(-c3ccc(-c4ccc(-c5ccc(C67CC8CC(CC(C8)C6)C7)cc5)cc4)c4ncoc34)cc(-c3ccccc3)n2)cc1. The molecule has 0 spiro atoms. The first-order valence-corrected chi connectivity index (χ1v) is 17.9. The van der Waals surface area contributed by atoms with E-state index in [9.17, 15) is 0 Å². The molecule has 4 saturated carbocycles. The van der Waals surface area contributed by atoms with Gasteiger partial charge >= 0.3 is 0 Å². The van der Waals surface area contributed by atoms with Gasteiger partial charge in [-0.15, -0.1) is 0 Å². The number of hydrogen-bond donors (Lipinski definition) is 0. The zero-order valence-electron chi connectivity index (χ0n) is 27.6. The van der Waals surface area contributed by atoms with Gasteiger partial charge in [0.2, 0.25) is 0 Å². The van der Waals surface area contributed by atoms with Crippen LogP contribution < -0.4 is 0 Å². The second kappa shape index (κ2) is 11.4. The van der Waals surface area contributed by atoms with Crippen molar-refractivity contribution in [1.82, 2.24) is 9.97 Å². The van der Waals surface area contributed by atoms with E-state index in [-0.39, 0.29) is 0 Å². The van der Waals surface area contributed by atoms with E-state index in [2.05, 4.69) is 121 Å². The molecule has 0 radical (unpaired) electrons. The average molecular weight is 635 g/mol. The molecule has 4 fully saturated rings. The maximum absolute atomic E-state index is 6.12. The Labute approximate surface area is 287 Å². The molecule has 2 heterocycles. The van der Waals surface area contributed by atoms with Crippen molar-refractivity contribution in [3.63, 3.8) is 0 Å². The molecule has 49 heavy (non-hydrogen) atoms. The van der Waals surface area contributed by atoms with Gasteiger partial charge in [-0.25, -0.2) is 9.97 Å². The lowest BCUT2D eigenvalue weighted by molar-refractivity contribution is -0.00518. The zero-order chi connectivity index (χ0) is 32.4. The first kappa shape index (κ1) is 28.7. The Kier molecular flexibility index (Phi) is 6.69. The predicted octanol–water partition coefficient (Wildman–Crippen LogP) is 12.0. The number of fused-ring (bicyclic) bond motifs is 1. The molecule has 0 atom stereocenters. The smallest absolute Gasteiger partial charge is 0.182 e. The highest BCUT2D eigenvalue weighted by Gasteiger charge is 2.51. The minimum Gasteiger partial charge on any atom is -0.443 e. The molecule has 2 aromatic heterocycles. The quantitative estimate of drug-likeness (QED) is 0.183. The number of oxazole rings is 1. The summed E-state index contributed by atoms with van der Waals surface area (Å²) < 4.78 is 6.12. The van der Waals surface area contributed by atoms with Crippen LogP contribution in [-0.2, 0) is 5.41 Å². The van der Waals surface area contributed by atoms with Crippen molar-refractivity contribution in [1.29, 1.82) is 0 Å². The van der Waals surface area contributed by atoms with Crippen molar-refractivity contribution in [3.05, 3.63) is 145 Å². The van der Waals surface area contributed by atoms with Crippen molar-refractivity contribution in [2.75, 3.05) is 0 Å². The molecule has 4 aliphatic rings. The number of nitrogens with zero attached hydrogens (tertiary/aromatic N) is 2. The van der Waals surface area contributed by atoms with Crippen LogP contribution in [0.25, 0.3) is 67.0 Å². The Balaban J connectivity index is 0.971. The molecule has 5 aromatic carbocycles. The predicted molar refractivity (Wildman–Crippen MR) is 199 cm³/mol. The van der Waals surface area contributed by atoms with Crippen LogP contribution in [0.1, 0.15) is 44.1 Å². The number of aromatic nitrogens is 2. The minimum atomic E-state index is 0.439. The first-order valence-electron chi connectivity index (χ1n) is 17.9. The molecule has 3 nitrogen and oxygen atoms in total. The Morgan fingerprint density at radius 2 is 1.00 bits per heavy atom. The van der Waals surface area contributed by atoms with Gasteiger partial charge in [-0.3, -0.25) is 0 Å². The number of pyridine rings is 1. The summed E-state index contributed by atoms with van der Waals surface area (Å²) in [6.45, 7) is 0. The van der Waals surface area contributed by atoms with E-state index in [1.54, 1.807) is 12.0 Å². The van der Waals surface area contributed by atoms with Crippen LogP contribution in [0.15, 0.2) is 144 Å². The molecule has 4 aliphatic carbocycles. The largest absolute Gasteiger partial charge is 0.443 e. The summed E-state index contributed by atoms with van der Waals surface area (Å²) in [6.07, 6.45) is 10.3. The second-order valence-electron chi connectivity index (χ2n) is 14.9. The summed E-state index contributed by atoms with van der Waals surface area (Å²) in [6, 6.07) is 47.9. The van der Waals surface area contributed by atoms with E-state index in [4.69, 9.17) is 14.4 Å². The van der Waals surface area contributed by atoms with Crippen LogP contribution in [0.4, 0.5) is 0 Å². The van der Waals surface area contributed by atoms with Crippen LogP contribution in [0, 0.1) is 17.8 Å². The maximum atomic E-state index is 6.12. The third-order valence-corrected chi connectivity index (χ3v) is 11.8. The lowest BCUT2D eigenvalue weighted by atomic mass is 9.48. The summed E-state index contributed by atoms with van der Waals surface area (Å²) in [4.78, 5) is 9.79. The number of hydrogen-bond acceptors (Lipinski definition) is 3. The van der Waals surface area contributed by atoms with Gasteiger partial charge in [0, 0.05) is 22.3 Å². The van der Waals surface area contributed by atoms with Crippen molar-refractivity contribution in [2.24, 2.45) is 17.8 Å². The molecule has 0 aliphatic heterocycles. The van der Waals surface area contributed by atoms with E-state index >= 15 is 0 Å². The second-order valence-corrected chi connectivity index (χ2v) is 14.9. The van der Waals surface area contributed by atoms with Gasteiger partial charge in [-0.2, -0.15) is 0 Å². The van der Waals surface area contributed by atoms with Crippen molar-refractivity contribution < 1.29 is 4.42 Å². The summed E-state index contributed by atoms with van der Waals surface area (Å²) >= 11 is 0. The molecular formula is C46H38N2O. The van der Waals surface area contributed by atoms with Gasteiger partial charge in [0.15, 0.2) is 12.0 Å². The van der Waals surface area contributed by atoms with E-state index in [1.165, 1.54) is 49.7 Å². The lowest BCUT2D eigenvalue weighted by Gasteiger charge is -2.57. The molecule has 0 N–H and O–H groups in total. The highest BCUT2D eigenvalue weighted by molar-refractivity contribution is 6.00. The summed E-state index contributed by atoms with van der Waals surface area (Å²) in [5.41, 5.74) is 14.5. The Morgan fingerprint density at radius 3 is 1.57 bits per heavy atom. The van der Waals surface area contributed by atoms with Crippen molar-refractivity contribution >= 4 is 11.1 Å². The Bertz CT molecular complexity index is 2190. The van der Waals surface area contributed by atoms with Gasteiger partial charge in [0.25, 0.3) is 0 Å². The molecule has 3 heteroatoms. The van der Waals surface area contributed by atoms with Gasteiger partial charge in [-0.1, -0.05) is 115 Å². The van der Waals surface area contributed by atoms with E-state index < -0.39 is 0 Å². The van der Waals surface area contributed by atoms with Gasteiger partial charge in [0.05, 0.1) is 11.4 Å². The van der Waals surface area contributed by atoms with Gasteiger partial charge in [-0.05, 0) is 108 Å². The Hall–Kier alpha value is -5.28. The summed E-state index contributed by atoms with van der Waals surface area (Å²) in [7, 11) is 0. The van der Waals surface area contributed by atoms with Crippen LogP contribution in [0.5, 0.6) is 0 Å². The lowest BCUT2D eigenvalue weighted by Crippen LogP contribution is -2.48. The summed E-state index contributed by atoms with van der Waals surface area (Å²) in [5.74, 6) is 2.89. The normalized spacial score (nSPS) is 22.5. The van der Waals surface area contributed by atoms with Crippen LogP contribution in [-0.4, -0.2) is 9.97 Å². The van der Waals surface area contributed by atoms with Crippen LogP contribution in [0.3, 0.4) is 0 Å². The number of rotatable bonds is 6. The fourth-order valence-corrected chi connectivity index (χ4v) is 9.93. The van der Waals surface area contributed by atoms with E-state index in [1.807, 2.05) is 12.1 Å². The van der Waals surface area contributed by atoms with Crippen molar-refractivity contribution in [2.45, 2.75) is 43.9 Å². The van der Waals surface area contributed by atoms with Gasteiger partial charge < -0.3 is 4.42 Å². The Morgan fingerprint density at radius 1 is 0.490 bits per heavy atom. The molecule has 4 bridgehead atoms. The first-order chi connectivity index (χ1) is 24.2. The molecule has 7 aromatic rings. The maximum Gasteiger partial charge on any atom is 0.182 e. The van der Waals surface area contributed by atoms with Crippen LogP contribution >= 0.6 is 0 Å². The van der Waals surface area contributed by atoms with Gasteiger partial charge in [0.1, 0.15) is 5.52 Å². The third kappa shape index (κ3) is 5.03. The minimum absolute atomic E-state index is 0.439.